The molecule has 1 amide bonds. The number of carbonyl (C=O) groups is 1. The van der Waals surface area contributed by atoms with Gasteiger partial charge in [0.2, 0.25) is 5.91 Å². The summed E-state index contributed by atoms with van der Waals surface area (Å²) in [6.45, 7) is 2.43. The predicted octanol–water partition coefficient (Wildman–Crippen LogP) is 2.30. The Balaban J connectivity index is 1.52. The quantitative estimate of drug-likeness (QED) is 0.743. The van der Waals surface area contributed by atoms with Crippen LogP contribution in [0.1, 0.15) is 18.7 Å². The highest BCUT2D eigenvalue weighted by Gasteiger charge is 2.20. The first-order valence-electron chi connectivity index (χ1n) is 8.62. The molecule has 0 atom stereocenters. The second-order valence-corrected chi connectivity index (χ2v) is 7.44. The normalized spacial score (nSPS) is 14.6. The zero-order valence-corrected chi connectivity index (χ0v) is 15.3. The topological polar surface area (TPSA) is 82.4 Å². The highest BCUT2D eigenvalue weighted by Crippen LogP contribution is 2.30. The van der Waals surface area contributed by atoms with Crippen LogP contribution in [0.15, 0.2) is 33.0 Å². The Morgan fingerprint density at radius 2 is 2.23 bits per heavy atom. The van der Waals surface area contributed by atoms with Gasteiger partial charge in [0.15, 0.2) is 0 Å². The van der Waals surface area contributed by atoms with Crippen LogP contribution in [0.2, 0.25) is 0 Å². The summed E-state index contributed by atoms with van der Waals surface area (Å²) in [6, 6.07) is 3.62. The van der Waals surface area contributed by atoms with Crippen LogP contribution in [0, 0.1) is 0 Å². The minimum atomic E-state index is -0.183. The monoisotopic (exact) mass is 372 g/mol. The molecular formula is C18H20N4O3S. The van der Waals surface area contributed by atoms with Crippen LogP contribution in [0.25, 0.3) is 21.5 Å². The summed E-state index contributed by atoms with van der Waals surface area (Å²) in [5, 5.41) is 2.43. The van der Waals surface area contributed by atoms with Crippen LogP contribution < -0.4 is 5.56 Å². The number of fused-ring (bicyclic) bond motifs is 1. The van der Waals surface area contributed by atoms with Gasteiger partial charge in [-0.1, -0.05) is 0 Å². The fourth-order valence-corrected chi connectivity index (χ4v) is 4.24. The molecule has 26 heavy (non-hydrogen) atoms. The Morgan fingerprint density at radius 3 is 2.96 bits per heavy atom. The van der Waals surface area contributed by atoms with Gasteiger partial charge in [-0.3, -0.25) is 14.5 Å². The average Bonchev–Trinajstić information content (AvgIpc) is 3.35. The van der Waals surface area contributed by atoms with Gasteiger partial charge >= 0.3 is 0 Å². The third-order valence-corrected chi connectivity index (χ3v) is 5.44. The van der Waals surface area contributed by atoms with Crippen LogP contribution in [-0.4, -0.2) is 52.4 Å². The van der Waals surface area contributed by atoms with Gasteiger partial charge in [-0.15, -0.1) is 11.3 Å². The molecule has 0 aromatic carbocycles. The van der Waals surface area contributed by atoms with Crippen LogP contribution >= 0.6 is 11.3 Å². The lowest BCUT2D eigenvalue weighted by molar-refractivity contribution is -0.131. The molecule has 1 aliphatic rings. The highest BCUT2D eigenvalue weighted by molar-refractivity contribution is 7.17. The van der Waals surface area contributed by atoms with Crippen molar-refractivity contribution in [1.29, 1.82) is 0 Å². The lowest BCUT2D eigenvalue weighted by Gasteiger charge is -2.20. The standard InChI is InChI=1S/C18H20N4O3S/c1-21(10-15(23)22-6-2-3-7-22)9-14-19-17(24)16-12(11-26-18(16)20-14)13-5-4-8-25-13/h4-5,8,11H,2-3,6-7,9-10H2,1H3,(H,19,20,24). The Labute approximate surface area is 154 Å². The van der Waals surface area contributed by atoms with E-state index < -0.39 is 0 Å². The molecule has 0 bridgehead atoms. The Bertz CT molecular complexity index is 970. The van der Waals surface area contributed by atoms with Crippen molar-refractivity contribution in [1.82, 2.24) is 19.8 Å². The molecule has 0 saturated carbocycles. The number of furan rings is 1. The maximum atomic E-state index is 12.6. The first-order valence-corrected chi connectivity index (χ1v) is 9.50. The molecule has 0 aliphatic carbocycles. The van der Waals surface area contributed by atoms with Crippen LogP contribution in [0.3, 0.4) is 0 Å². The molecule has 136 valence electrons. The van der Waals surface area contributed by atoms with Gasteiger partial charge in [0, 0.05) is 24.0 Å². The number of aromatic amines is 1. The average molecular weight is 372 g/mol. The minimum absolute atomic E-state index is 0.129. The van der Waals surface area contributed by atoms with E-state index in [0.29, 0.717) is 34.9 Å². The molecule has 3 aromatic rings. The Morgan fingerprint density at radius 1 is 1.42 bits per heavy atom. The number of thiophene rings is 1. The van der Waals surface area contributed by atoms with Crippen molar-refractivity contribution in [3.05, 3.63) is 40.0 Å². The second kappa shape index (κ2) is 7.05. The van der Waals surface area contributed by atoms with Gasteiger partial charge in [0.05, 0.1) is 24.7 Å². The van der Waals surface area contributed by atoms with E-state index in [2.05, 4.69) is 9.97 Å². The van der Waals surface area contributed by atoms with Gasteiger partial charge in [-0.05, 0) is 32.0 Å². The predicted molar refractivity (Wildman–Crippen MR) is 100 cm³/mol. The molecule has 1 N–H and O–H groups in total. The summed E-state index contributed by atoms with van der Waals surface area (Å²) in [6.07, 6.45) is 3.75. The summed E-state index contributed by atoms with van der Waals surface area (Å²) in [7, 11) is 1.86. The first kappa shape index (κ1) is 17.0. The van der Waals surface area contributed by atoms with E-state index in [0.717, 1.165) is 31.5 Å². The number of H-pyrrole nitrogens is 1. The molecule has 1 aliphatic heterocycles. The molecule has 0 radical (unpaired) electrons. The molecule has 3 aromatic heterocycles. The van der Waals surface area contributed by atoms with Gasteiger partial charge in [0.25, 0.3) is 5.56 Å². The van der Waals surface area contributed by atoms with Crippen molar-refractivity contribution in [2.24, 2.45) is 0 Å². The van der Waals surface area contributed by atoms with E-state index in [-0.39, 0.29) is 11.5 Å². The number of likely N-dealkylation sites (N-methyl/N-ethyl adjacent to an activating group) is 1. The lowest BCUT2D eigenvalue weighted by Crippen LogP contribution is -2.37. The molecule has 8 heteroatoms. The van der Waals surface area contributed by atoms with E-state index in [1.165, 1.54) is 11.3 Å². The zero-order valence-electron chi connectivity index (χ0n) is 14.5. The number of nitrogens with one attached hydrogen (secondary N) is 1. The molecular weight excluding hydrogens is 352 g/mol. The van der Waals surface area contributed by atoms with E-state index in [1.807, 2.05) is 28.3 Å². The highest BCUT2D eigenvalue weighted by atomic mass is 32.1. The third kappa shape index (κ3) is 3.30. The molecule has 1 saturated heterocycles. The van der Waals surface area contributed by atoms with Crippen molar-refractivity contribution in [3.8, 4) is 11.3 Å². The number of hydrogen-bond donors (Lipinski definition) is 1. The Hall–Kier alpha value is -2.45. The second-order valence-electron chi connectivity index (χ2n) is 6.58. The third-order valence-electron chi connectivity index (χ3n) is 4.56. The first-order chi connectivity index (χ1) is 12.6. The van der Waals surface area contributed by atoms with E-state index in [9.17, 15) is 9.59 Å². The maximum Gasteiger partial charge on any atom is 0.260 e. The molecule has 1 fully saturated rings. The fourth-order valence-electron chi connectivity index (χ4n) is 3.29. The molecule has 0 unspecified atom stereocenters. The molecule has 4 rings (SSSR count). The number of aromatic nitrogens is 2. The van der Waals surface area contributed by atoms with Crippen molar-refractivity contribution in [3.63, 3.8) is 0 Å². The Kier molecular flexibility index (Phi) is 4.60. The van der Waals surface area contributed by atoms with Crippen molar-refractivity contribution < 1.29 is 9.21 Å². The van der Waals surface area contributed by atoms with Gasteiger partial charge in [-0.25, -0.2) is 4.98 Å². The molecule has 7 nitrogen and oxygen atoms in total. The summed E-state index contributed by atoms with van der Waals surface area (Å²) < 4.78 is 5.40. The number of likely N-dealkylation sites (tertiary alicyclic amines) is 1. The maximum absolute atomic E-state index is 12.6. The minimum Gasteiger partial charge on any atom is -0.464 e. The molecule has 0 spiro atoms. The fraction of sp³-hybridized carbons (Fsp3) is 0.389. The summed E-state index contributed by atoms with van der Waals surface area (Å²) >= 11 is 1.42. The van der Waals surface area contributed by atoms with Crippen LogP contribution in [-0.2, 0) is 11.3 Å². The van der Waals surface area contributed by atoms with Crippen LogP contribution in [0.4, 0.5) is 0 Å². The zero-order chi connectivity index (χ0) is 18.1. The summed E-state index contributed by atoms with van der Waals surface area (Å²) in [5.74, 6) is 1.35. The van der Waals surface area contributed by atoms with E-state index in [1.54, 1.807) is 12.3 Å². The number of nitrogens with zero attached hydrogens (tertiary/aromatic N) is 3. The van der Waals surface area contributed by atoms with Gasteiger partial charge in [-0.2, -0.15) is 0 Å². The number of hydrogen-bond acceptors (Lipinski definition) is 6. The van der Waals surface area contributed by atoms with E-state index in [4.69, 9.17) is 4.42 Å². The smallest absolute Gasteiger partial charge is 0.260 e. The molecule has 4 heterocycles. The van der Waals surface area contributed by atoms with Crippen molar-refractivity contribution in [2.45, 2.75) is 19.4 Å². The van der Waals surface area contributed by atoms with E-state index >= 15 is 0 Å². The SMILES string of the molecule is CN(CC(=O)N1CCCC1)Cc1nc2scc(-c3ccco3)c2c(=O)[nH]1. The van der Waals surface area contributed by atoms with Crippen LogP contribution in [0.5, 0.6) is 0 Å². The number of carbonyl (C=O) groups excluding carboxylic acids is 1. The largest absolute Gasteiger partial charge is 0.464 e. The van der Waals surface area contributed by atoms with Gasteiger partial charge in [0.1, 0.15) is 16.4 Å². The summed E-state index contributed by atoms with van der Waals surface area (Å²) in [5.41, 5.74) is 0.574. The number of rotatable bonds is 5. The lowest BCUT2D eigenvalue weighted by atomic mass is 10.2. The number of amides is 1. The van der Waals surface area contributed by atoms with Crippen molar-refractivity contribution >= 4 is 27.5 Å². The van der Waals surface area contributed by atoms with Crippen molar-refractivity contribution in [2.75, 3.05) is 26.7 Å². The van der Waals surface area contributed by atoms with Gasteiger partial charge < -0.3 is 14.3 Å². The summed E-state index contributed by atoms with van der Waals surface area (Å²) in [4.78, 5) is 36.7.